The van der Waals surface area contributed by atoms with Gasteiger partial charge in [-0.1, -0.05) is 0 Å². The van der Waals surface area contributed by atoms with Gasteiger partial charge in [-0.05, 0) is 13.8 Å². The summed E-state index contributed by atoms with van der Waals surface area (Å²) in [6.07, 6.45) is 0.409. The van der Waals surface area contributed by atoms with Crippen LogP contribution in [0.3, 0.4) is 0 Å². The number of nitrogens with zero attached hydrogens (tertiary/aromatic N) is 2. The highest BCUT2D eigenvalue weighted by molar-refractivity contribution is 6.05. The molecule has 0 atom stereocenters. The fraction of sp³-hybridized carbons (Fsp3) is 0.750. The Morgan fingerprint density at radius 1 is 1.67 bits per heavy atom. The second kappa shape index (κ2) is 3.67. The van der Waals surface area contributed by atoms with Crippen LogP contribution >= 0.6 is 0 Å². The Labute approximate surface area is 72.2 Å². The van der Waals surface area contributed by atoms with Crippen LogP contribution in [0.2, 0.25) is 0 Å². The highest BCUT2D eigenvalue weighted by Crippen LogP contribution is 2.11. The molecule has 1 heterocycles. The molecule has 1 aliphatic rings. The Balaban J connectivity index is 2.60. The zero-order valence-corrected chi connectivity index (χ0v) is 7.70. The van der Waals surface area contributed by atoms with Crippen LogP contribution in [0, 0.1) is 0 Å². The molecule has 0 spiro atoms. The molecule has 1 aliphatic heterocycles. The lowest BCUT2D eigenvalue weighted by molar-refractivity contribution is -0.130. The van der Waals surface area contributed by atoms with Gasteiger partial charge in [0.15, 0.2) is 0 Å². The van der Waals surface area contributed by atoms with Gasteiger partial charge in [0.25, 0.3) is 0 Å². The smallest absolute Gasteiger partial charge is 0.248 e. The van der Waals surface area contributed by atoms with Crippen molar-refractivity contribution >= 4 is 11.6 Å². The van der Waals surface area contributed by atoms with Crippen LogP contribution in [0.25, 0.3) is 0 Å². The van der Waals surface area contributed by atoms with Gasteiger partial charge in [0.2, 0.25) is 5.91 Å². The number of ether oxygens (including phenoxy) is 1. The number of methoxy groups -OCH3 is 1. The molecule has 68 valence electrons. The summed E-state index contributed by atoms with van der Waals surface area (Å²) >= 11 is 0. The zero-order valence-electron chi connectivity index (χ0n) is 7.70. The van der Waals surface area contributed by atoms with E-state index in [1.807, 2.05) is 13.8 Å². The third-order valence-electron chi connectivity index (χ3n) is 1.66. The molecule has 0 aliphatic carbocycles. The lowest BCUT2D eigenvalue weighted by atomic mass is 10.3. The van der Waals surface area contributed by atoms with Gasteiger partial charge in [-0.2, -0.15) is 5.10 Å². The number of carbonyl (C=O) groups is 1. The van der Waals surface area contributed by atoms with Crippen LogP contribution in [0.15, 0.2) is 5.10 Å². The minimum Gasteiger partial charge on any atom is -0.379 e. The van der Waals surface area contributed by atoms with Crippen molar-refractivity contribution in [3.63, 3.8) is 0 Å². The molecular formula is C8H14N2O2. The summed E-state index contributed by atoms with van der Waals surface area (Å²) in [7, 11) is 1.60. The van der Waals surface area contributed by atoms with Crippen LogP contribution in [0.1, 0.15) is 20.3 Å². The van der Waals surface area contributed by atoms with E-state index in [2.05, 4.69) is 5.10 Å². The predicted octanol–water partition coefficient (Wildman–Crippen LogP) is 0.630. The first-order valence-corrected chi connectivity index (χ1v) is 4.02. The third kappa shape index (κ3) is 1.82. The van der Waals surface area contributed by atoms with Gasteiger partial charge in [0, 0.05) is 13.2 Å². The quantitative estimate of drug-likeness (QED) is 0.623. The van der Waals surface area contributed by atoms with Crippen molar-refractivity contribution in [1.82, 2.24) is 5.01 Å². The van der Waals surface area contributed by atoms with Gasteiger partial charge in [-0.15, -0.1) is 0 Å². The van der Waals surface area contributed by atoms with E-state index < -0.39 is 0 Å². The highest BCUT2D eigenvalue weighted by Gasteiger charge is 2.25. The van der Waals surface area contributed by atoms with Gasteiger partial charge in [0.05, 0.1) is 18.7 Å². The summed E-state index contributed by atoms with van der Waals surface area (Å²) in [6.45, 7) is 4.34. The summed E-state index contributed by atoms with van der Waals surface area (Å²) in [4.78, 5) is 11.3. The average Bonchev–Trinajstić information content (AvgIpc) is 2.32. The molecule has 4 nitrogen and oxygen atoms in total. The molecule has 0 saturated carbocycles. The van der Waals surface area contributed by atoms with E-state index in [4.69, 9.17) is 4.74 Å². The second-order valence-electron chi connectivity index (χ2n) is 3.11. The largest absolute Gasteiger partial charge is 0.379 e. The number of rotatable bonds is 3. The number of amides is 1. The van der Waals surface area contributed by atoms with Crippen LogP contribution < -0.4 is 0 Å². The summed E-state index contributed by atoms with van der Waals surface area (Å²) in [5, 5.41) is 5.64. The van der Waals surface area contributed by atoms with Crippen LogP contribution in [-0.2, 0) is 9.53 Å². The minimum atomic E-state index is 0.0667. The number of carbonyl (C=O) groups excluding carboxylic acids is 1. The maximum absolute atomic E-state index is 11.3. The maximum Gasteiger partial charge on any atom is 0.248 e. The number of hydrogen-bond acceptors (Lipinski definition) is 3. The molecule has 12 heavy (non-hydrogen) atoms. The molecule has 0 aromatic heterocycles. The molecule has 0 unspecified atom stereocenters. The Morgan fingerprint density at radius 2 is 2.33 bits per heavy atom. The maximum atomic E-state index is 11.3. The summed E-state index contributed by atoms with van der Waals surface area (Å²) < 4.78 is 4.89. The Kier molecular flexibility index (Phi) is 2.81. The highest BCUT2D eigenvalue weighted by atomic mass is 16.5. The summed E-state index contributed by atoms with van der Waals surface area (Å²) in [6, 6.07) is 0.145. The van der Waals surface area contributed by atoms with Crippen molar-refractivity contribution in [1.29, 1.82) is 0 Å². The number of hydrogen-bond donors (Lipinski definition) is 0. The SMILES string of the molecule is COCC1=NN(C(C)C)C(=O)C1. The Bertz CT molecular complexity index is 211. The van der Waals surface area contributed by atoms with Gasteiger partial charge < -0.3 is 4.74 Å². The van der Waals surface area contributed by atoms with Crippen molar-refractivity contribution < 1.29 is 9.53 Å². The fourth-order valence-electron chi connectivity index (χ4n) is 1.15. The molecule has 0 saturated heterocycles. The van der Waals surface area contributed by atoms with E-state index in [1.54, 1.807) is 7.11 Å². The number of hydrazone groups is 1. The molecule has 1 amide bonds. The first-order valence-electron chi connectivity index (χ1n) is 4.02. The molecular weight excluding hydrogens is 156 g/mol. The van der Waals surface area contributed by atoms with E-state index in [0.717, 1.165) is 5.71 Å². The molecule has 0 N–H and O–H groups in total. The normalized spacial score (nSPS) is 17.5. The van der Waals surface area contributed by atoms with E-state index in [-0.39, 0.29) is 11.9 Å². The molecule has 0 bridgehead atoms. The molecule has 1 rings (SSSR count). The summed E-state index contributed by atoms with van der Waals surface area (Å²) in [5.41, 5.74) is 0.816. The average molecular weight is 170 g/mol. The van der Waals surface area contributed by atoms with Crippen LogP contribution in [-0.4, -0.2) is 36.4 Å². The zero-order chi connectivity index (χ0) is 9.14. The standard InChI is InChI=1S/C8H14N2O2/c1-6(2)10-8(11)4-7(9-10)5-12-3/h6H,4-5H2,1-3H3. The van der Waals surface area contributed by atoms with Crippen molar-refractivity contribution in [2.75, 3.05) is 13.7 Å². The van der Waals surface area contributed by atoms with Crippen LogP contribution in [0.4, 0.5) is 0 Å². The third-order valence-corrected chi connectivity index (χ3v) is 1.66. The van der Waals surface area contributed by atoms with E-state index in [1.165, 1.54) is 5.01 Å². The van der Waals surface area contributed by atoms with Crippen molar-refractivity contribution in [3.8, 4) is 0 Å². The van der Waals surface area contributed by atoms with E-state index in [0.29, 0.717) is 13.0 Å². The fourth-order valence-corrected chi connectivity index (χ4v) is 1.15. The topological polar surface area (TPSA) is 41.9 Å². The van der Waals surface area contributed by atoms with E-state index >= 15 is 0 Å². The van der Waals surface area contributed by atoms with E-state index in [9.17, 15) is 4.79 Å². The first-order chi connectivity index (χ1) is 5.65. The molecule has 4 heteroatoms. The lowest BCUT2D eigenvalue weighted by Crippen LogP contribution is -2.27. The Hall–Kier alpha value is -0.900. The monoisotopic (exact) mass is 170 g/mol. The van der Waals surface area contributed by atoms with Gasteiger partial charge in [-0.25, -0.2) is 5.01 Å². The summed E-state index contributed by atoms with van der Waals surface area (Å²) in [5.74, 6) is 0.0667. The van der Waals surface area contributed by atoms with Gasteiger partial charge in [-0.3, -0.25) is 4.79 Å². The molecule has 0 fully saturated rings. The first kappa shape index (κ1) is 9.19. The lowest BCUT2D eigenvalue weighted by Gasteiger charge is -2.15. The Morgan fingerprint density at radius 3 is 2.75 bits per heavy atom. The minimum absolute atomic E-state index is 0.0667. The van der Waals surface area contributed by atoms with Gasteiger partial charge in [0.1, 0.15) is 0 Å². The second-order valence-corrected chi connectivity index (χ2v) is 3.11. The van der Waals surface area contributed by atoms with Crippen molar-refractivity contribution in [3.05, 3.63) is 0 Å². The van der Waals surface area contributed by atoms with Crippen LogP contribution in [0.5, 0.6) is 0 Å². The predicted molar refractivity (Wildman–Crippen MR) is 45.9 cm³/mol. The van der Waals surface area contributed by atoms with Crippen molar-refractivity contribution in [2.24, 2.45) is 5.10 Å². The van der Waals surface area contributed by atoms with Gasteiger partial charge >= 0.3 is 0 Å². The van der Waals surface area contributed by atoms with Crippen molar-refractivity contribution in [2.45, 2.75) is 26.3 Å². The molecule has 0 aromatic carbocycles. The molecule has 0 aromatic rings. The molecule has 0 radical (unpaired) electrons.